The molecule has 1 aromatic heterocycles. The number of unbranched alkanes of at least 4 members (excludes halogenated alkanes) is 1. The molecule has 40 heavy (non-hydrogen) atoms. The molecule has 3 aromatic carbocycles. The minimum absolute atomic E-state index is 0.0673. The van der Waals surface area contributed by atoms with Gasteiger partial charge in [0.1, 0.15) is 29.2 Å². The first-order chi connectivity index (χ1) is 19.5. The Morgan fingerprint density at radius 3 is 2.42 bits per heavy atom. The molecular formula is C33H37FN2O4. The molecule has 1 saturated heterocycles. The number of piperidine rings is 1. The molecule has 2 heterocycles. The maximum absolute atomic E-state index is 13.1. The first kappa shape index (κ1) is 27.9. The largest absolute Gasteiger partial charge is 0.497 e. The summed E-state index contributed by atoms with van der Waals surface area (Å²) in [5.41, 5.74) is 2.93. The van der Waals surface area contributed by atoms with Crippen molar-refractivity contribution in [1.29, 1.82) is 0 Å². The van der Waals surface area contributed by atoms with Crippen molar-refractivity contribution in [3.8, 4) is 22.6 Å². The van der Waals surface area contributed by atoms with Crippen LogP contribution < -0.4 is 14.9 Å². The van der Waals surface area contributed by atoms with Crippen LogP contribution in [0.3, 0.4) is 0 Å². The summed E-state index contributed by atoms with van der Waals surface area (Å²) in [6.07, 6.45) is 5.82. The van der Waals surface area contributed by atoms with Crippen LogP contribution in [0.5, 0.6) is 11.5 Å². The van der Waals surface area contributed by atoms with Gasteiger partial charge >= 0.3 is 0 Å². The van der Waals surface area contributed by atoms with Crippen molar-refractivity contribution in [2.24, 2.45) is 0 Å². The number of fused-ring (bicyclic) bond motifs is 1. The van der Waals surface area contributed by atoms with Crippen LogP contribution in [0.1, 0.15) is 31.2 Å². The van der Waals surface area contributed by atoms with Gasteiger partial charge in [-0.05, 0) is 99.9 Å². The number of rotatable bonds is 11. The zero-order valence-corrected chi connectivity index (χ0v) is 23.3. The van der Waals surface area contributed by atoms with E-state index >= 15 is 0 Å². The molecule has 0 radical (unpaired) electrons. The van der Waals surface area contributed by atoms with Crippen LogP contribution in [0.4, 0.5) is 4.39 Å². The number of ether oxygens (including phenoxy) is 2. The maximum atomic E-state index is 13.1. The van der Waals surface area contributed by atoms with Crippen molar-refractivity contribution in [3.05, 3.63) is 94.6 Å². The lowest BCUT2D eigenvalue weighted by Gasteiger charge is -2.36. The summed E-state index contributed by atoms with van der Waals surface area (Å²) in [4.78, 5) is 18.0. The molecule has 0 spiro atoms. The van der Waals surface area contributed by atoms with E-state index < -0.39 is 0 Å². The van der Waals surface area contributed by atoms with Crippen LogP contribution in [0.25, 0.3) is 22.1 Å². The third-order valence-corrected chi connectivity index (χ3v) is 7.82. The SMILES string of the molecule is COc1ccc(-c2coc3cc(OCCCCN(C)C4CCN(Cc5ccc(F)cc5)CC4)ccc3c2=O)cc1. The van der Waals surface area contributed by atoms with Gasteiger partial charge in [0.05, 0.1) is 24.7 Å². The summed E-state index contributed by atoms with van der Waals surface area (Å²) in [5.74, 6) is 1.26. The molecule has 0 saturated carbocycles. The number of halogens is 1. The van der Waals surface area contributed by atoms with Gasteiger partial charge in [-0.3, -0.25) is 9.69 Å². The smallest absolute Gasteiger partial charge is 0.200 e. The number of hydrogen-bond donors (Lipinski definition) is 0. The molecule has 0 aliphatic carbocycles. The van der Waals surface area contributed by atoms with E-state index in [-0.39, 0.29) is 11.2 Å². The standard InChI is InChI=1S/C33H37FN2O4/c1-35(27-15-18-36(19-16-27)22-24-5-9-26(34)10-6-24)17-3-4-20-39-29-13-14-30-32(21-29)40-23-31(33(30)37)25-7-11-28(38-2)12-8-25/h5-14,21,23,27H,3-4,15-20,22H2,1-2H3. The number of methoxy groups -OCH3 is 1. The Labute approximate surface area is 234 Å². The second-order valence-electron chi connectivity index (χ2n) is 10.5. The van der Waals surface area contributed by atoms with E-state index in [4.69, 9.17) is 13.9 Å². The van der Waals surface area contributed by atoms with Gasteiger partial charge in [0.25, 0.3) is 0 Å². The van der Waals surface area contributed by atoms with E-state index in [2.05, 4.69) is 16.8 Å². The van der Waals surface area contributed by atoms with E-state index in [1.165, 1.54) is 24.0 Å². The van der Waals surface area contributed by atoms with E-state index in [0.717, 1.165) is 63.2 Å². The Bertz CT molecular complexity index is 1440. The minimum atomic E-state index is -0.181. The Hall–Kier alpha value is -3.68. The van der Waals surface area contributed by atoms with Crippen LogP contribution in [0.15, 0.2) is 82.2 Å². The highest BCUT2D eigenvalue weighted by atomic mass is 19.1. The highest BCUT2D eigenvalue weighted by Gasteiger charge is 2.22. The Morgan fingerprint density at radius 2 is 1.70 bits per heavy atom. The van der Waals surface area contributed by atoms with Crippen molar-refractivity contribution in [1.82, 2.24) is 9.80 Å². The first-order valence-corrected chi connectivity index (χ1v) is 14.0. The second-order valence-corrected chi connectivity index (χ2v) is 10.5. The van der Waals surface area contributed by atoms with Gasteiger partial charge in [-0.1, -0.05) is 24.3 Å². The number of hydrogen-bond acceptors (Lipinski definition) is 6. The lowest BCUT2D eigenvalue weighted by Crippen LogP contribution is -2.43. The predicted octanol–water partition coefficient (Wildman–Crippen LogP) is 6.36. The van der Waals surface area contributed by atoms with Gasteiger partial charge in [-0.25, -0.2) is 4.39 Å². The zero-order valence-electron chi connectivity index (χ0n) is 23.3. The van der Waals surface area contributed by atoms with Gasteiger partial charge in [0, 0.05) is 18.7 Å². The maximum Gasteiger partial charge on any atom is 0.200 e. The van der Waals surface area contributed by atoms with Crippen molar-refractivity contribution >= 4 is 11.0 Å². The van der Waals surface area contributed by atoms with E-state index in [9.17, 15) is 9.18 Å². The van der Waals surface area contributed by atoms with Crippen LogP contribution >= 0.6 is 0 Å². The number of benzene rings is 3. The summed E-state index contributed by atoms with van der Waals surface area (Å²) in [6.45, 7) is 4.66. The third kappa shape index (κ3) is 6.90. The van der Waals surface area contributed by atoms with Gasteiger partial charge in [-0.2, -0.15) is 0 Å². The Balaban J connectivity index is 1.05. The topological polar surface area (TPSA) is 55.2 Å². The summed E-state index contributed by atoms with van der Waals surface area (Å²) in [7, 11) is 3.83. The molecule has 1 aliphatic heterocycles. The highest BCUT2D eigenvalue weighted by molar-refractivity contribution is 5.82. The molecule has 0 atom stereocenters. The molecule has 5 rings (SSSR count). The van der Waals surface area contributed by atoms with Crippen LogP contribution in [-0.4, -0.2) is 56.2 Å². The fourth-order valence-corrected chi connectivity index (χ4v) is 5.37. The number of likely N-dealkylation sites (tertiary alicyclic amines) is 1. The van der Waals surface area contributed by atoms with E-state index in [1.807, 2.05) is 42.5 Å². The van der Waals surface area contributed by atoms with Gasteiger partial charge in [-0.15, -0.1) is 0 Å². The molecule has 6 nitrogen and oxygen atoms in total. The molecule has 0 bridgehead atoms. The van der Waals surface area contributed by atoms with Crippen molar-refractivity contribution in [2.45, 2.75) is 38.3 Å². The molecular weight excluding hydrogens is 507 g/mol. The average molecular weight is 545 g/mol. The first-order valence-electron chi connectivity index (χ1n) is 14.0. The van der Waals surface area contributed by atoms with Gasteiger partial charge < -0.3 is 18.8 Å². The van der Waals surface area contributed by atoms with Gasteiger partial charge in [0.2, 0.25) is 0 Å². The molecule has 0 amide bonds. The zero-order chi connectivity index (χ0) is 27.9. The Kier molecular flexibility index (Phi) is 9.14. The molecule has 7 heteroatoms. The fourth-order valence-electron chi connectivity index (χ4n) is 5.37. The van der Waals surface area contributed by atoms with Crippen LogP contribution in [-0.2, 0) is 6.54 Å². The molecule has 1 aliphatic rings. The molecule has 1 fully saturated rings. The van der Waals surface area contributed by atoms with E-state index in [1.54, 1.807) is 19.2 Å². The van der Waals surface area contributed by atoms with Crippen LogP contribution in [0, 0.1) is 5.82 Å². The molecule has 4 aromatic rings. The van der Waals surface area contributed by atoms with Crippen molar-refractivity contribution in [2.75, 3.05) is 40.4 Å². The highest BCUT2D eigenvalue weighted by Crippen LogP contribution is 2.25. The Morgan fingerprint density at radius 1 is 0.975 bits per heavy atom. The molecule has 210 valence electrons. The normalized spacial score (nSPS) is 14.6. The fraction of sp³-hybridized carbons (Fsp3) is 0.364. The molecule has 0 N–H and O–H groups in total. The third-order valence-electron chi connectivity index (χ3n) is 7.82. The lowest BCUT2D eigenvalue weighted by molar-refractivity contribution is 0.121. The summed E-state index contributed by atoms with van der Waals surface area (Å²) >= 11 is 0. The van der Waals surface area contributed by atoms with E-state index in [0.29, 0.717) is 34.9 Å². The average Bonchev–Trinajstić information content (AvgIpc) is 2.99. The summed E-state index contributed by atoms with van der Waals surface area (Å²) in [6, 6.07) is 20.2. The second kappa shape index (κ2) is 13.1. The monoisotopic (exact) mass is 544 g/mol. The van der Waals surface area contributed by atoms with Crippen LogP contribution in [0.2, 0.25) is 0 Å². The summed E-state index contributed by atoms with van der Waals surface area (Å²) in [5, 5.41) is 0.533. The predicted molar refractivity (Wildman–Crippen MR) is 157 cm³/mol. The number of nitrogens with zero attached hydrogens (tertiary/aromatic N) is 2. The summed E-state index contributed by atoms with van der Waals surface area (Å²) < 4.78 is 30.1. The minimum Gasteiger partial charge on any atom is -0.497 e. The van der Waals surface area contributed by atoms with Gasteiger partial charge in [0.15, 0.2) is 5.43 Å². The molecule has 0 unspecified atom stereocenters. The lowest BCUT2D eigenvalue weighted by atomic mass is 10.0. The quantitative estimate of drug-likeness (QED) is 0.205. The van der Waals surface area contributed by atoms with Crippen molar-refractivity contribution < 1.29 is 18.3 Å². The van der Waals surface area contributed by atoms with Crippen molar-refractivity contribution in [3.63, 3.8) is 0 Å².